The van der Waals surface area contributed by atoms with E-state index >= 15 is 0 Å². The van der Waals surface area contributed by atoms with Crippen LogP contribution in [0.5, 0.6) is 0 Å². The number of nitrogens with zero attached hydrogens (tertiary/aromatic N) is 4. The third-order valence-electron chi connectivity index (χ3n) is 2.80. The van der Waals surface area contributed by atoms with Crippen LogP contribution < -0.4 is 0 Å². The van der Waals surface area contributed by atoms with Crippen molar-refractivity contribution in [1.29, 1.82) is 0 Å². The first-order valence-electron chi connectivity index (χ1n) is 6.79. The minimum absolute atomic E-state index is 0.0379. The standard InChI is InChI=1S/C13H24N4O2/c1-5-7-16(8-6-2)12(18)10-17-9-11(14-15-17)13(3,4)19/h9,19H,5-8,10H2,1-4H3. The summed E-state index contributed by atoms with van der Waals surface area (Å²) in [5, 5.41) is 17.6. The Bertz CT molecular complexity index is 403. The molecule has 0 aromatic carbocycles. The molecule has 1 aromatic heterocycles. The molecule has 0 unspecified atom stereocenters. The van der Waals surface area contributed by atoms with Gasteiger partial charge in [0.25, 0.3) is 0 Å². The highest BCUT2D eigenvalue weighted by Crippen LogP contribution is 2.15. The quantitative estimate of drug-likeness (QED) is 0.805. The van der Waals surface area contributed by atoms with Crippen LogP contribution in [0.1, 0.15) is 46.2 Å². The van der Waals surface area contributed by atoms with Crippen LogP contribution in [0, 0.1) is 0 Å². The average molecular weight is 268 g/mol. The third kappa shape index (κ3) is 4.63. The van der Waals surface area contributed by atoms with E-state index in [4.69, 9.17) is 0 Å². The molecule has 6 nitrogen and oxygen atoms in total. The molecule has 1 rings (SSSR count). The highest BCUT2D eigenvalue weighted by molar-refractivity contribution is 5.75. The molecular weight excluding hydrogens is 244 g/mol. The molecule has 0 spiro atoms. The fraction of sp³-hybridized carbons (Fsp3) is 0.769. The van der Waals surface area contributed by atoms with Gasteiger partial charge in [-0.1, -0.05) is 19.1 Å². The molecule has 0 saturated carbocycles. The molecule has 0 atom stereocenters. The SMILES string of the molecule is CCCN(CCC)C(=O)Cn1cc(C(C)(C)O)nn1. The van der Waals surface area contributed by atoms with Crippen molar-refractivity contribution in [2.75, 3.05) is 13.1 Å². The lowest BCUT2D eigenvalue weighted by molar-refractivity contribution is -0.132. The maximum absolute atomic E-state index is 12.1. The molecule has 1 aromatic rings. The summed E-state index contributed by atoms with van der Waals surface area (Å²) in [6, 6.07) is 0. The van der Waals surface area contributed by atoms with Crippen LogP contribution in [0.4, 0.5) is 0 Å². The Hall–Kier alpha value is -1.43. The summed E-state index contributed by atoms with van der Waals surface area (Å²) in [5.41, 5.74) is -0.564. The lowest BCUT2D eigenvalue weighted by Crippen LogP contribution is -2.35. The van der Waals surface area contributed by atoms with E-state index in [0.717, 1.165) is 25.9 Å². The summed E-state index contributed by atoms with van der Waals surface area (Å²) >= 11 is 0. The molecule has 0 aliphatic carbocycles. The number of aromatic nitrogens is 3. The lowest BCUT2D eigenvalue weighted by Gasteiger charge is -2.21. The van der Waals surface area contributed by atoms with Crippen LogP contribution in [0.3, 0.4) is 0 Å². The average Bonchev–Trinajstić information content (AvgIpc) is 2.77. The van der Waals surface area contributed by atoms with Crippen LogP contribution in [-0.2, 0) is 16.9 Å². The van der Waals surface area contributed by atoms with Gasteiger partial charge in [-0.2, -0.15) is 0 Å². The van der Waals surface area contributed by atoms with Crippen molar-refractivity contribution < 1.29 is 9.90 Å². The van der Waals surface area contributed by atoms with Crippen LogP contribution in [0.25, 0.3) is 0 Å². The highest BCUT2D eigenvalue weighted by atomic mass is 16.3. The third-order valence-corrected chi connectivity index (χ3v) is 2.80. The molecule has 0 radical (unpaired) electrons. The molecule has 1 heterocycles. The van der Waals surface area contributed by atoms with E-state index in [1.54, 1.807) is 20.0 Å². The smallest absolute Gasteiger partial charge is 0.244 e. The summed E-state index contributed by atoms with van der Waals surface area (Å²) in [6.07, 6.45) is 3.50. The lowest BCUT2D eigenvalue weighted by atomic mass is 10.1. The van der Waals surface area contributed by atoms with Crippen molar-refractivity contribution in [3.63, 3.8) is 0 Å². The monoisotopic (exact) mass is 268 g/mol. The van der Waals surface area contributed by atoms with Crippen LogP contribution in [0.2, 0.25) is 0 Å². The normalized spacial score (nSPS) is 11.6. The molecule has 0 bridgehead atoms. The van der Waals surface area contributed by atoms with Gasteiger partial charge in [0.1, 0.15) is 17.8 Å². The summed E-state index contributed by atoms with van der Waals surface area (Å²) in [5.74, 6) is 0.0379. The number of carbonyl (C=O) groups is 1. The summed E-state index contributed by atoms with van der Waals surface area (Å²) in [4.78, 5) is 14.0. The highest BCUT2D eigenvalue weighted by Gasteiger charge is 2.21. The van der Waals surface area contributed by atoms with Crippen LogP contribution in [-0.4, -0.2) is 44.0 Å². The molecule has 1 N–H and O–H groups in total. The van der Waals surface area contributed by atoms with Gasteiger partial charge in [0.15, 0.2) is 0 Å². The largest absolute Gasteiger partial charge is 0.384 e. The molecule has 1 amide bonds. The number of rotatable bonds is 7. The predicted molar refractivity (Wildman–Crippen MR) is 72.4 cm³/mol. The zero-order chi connectivity index (χ0) is 14.5. The van der Waals surface area contributed by atoms with Crippen molar-refractivity contribution in [3.05, 3.63) is 11.9 Å². The van der Waals surface area contributed by atoms with Crippen molar-refractivity contribution in [3.8, 4) is 0 Å². The molecule has 0 saturated heterocycles. The van der Waals surface area contributed by atoms with Gasteiger partial charge in [-0.3, -0.25) is 4.79 Å². The molecule has 108 valence electrons. The second kappa shape index (κ2) is 6.65. The number of carbonyl (C=O) groups excluding carboxylic acids is 1. The zero-order valence-corrected chi connectivity index (χ0v) is 12.3. The Kier molecular flexibility index (Phi) is 5.47. The van der Waals surface area contributed by atoms with Gasteiger partial charge in [-0.15, -0.1) is 5.10 Å². The van der Waals surface area contributed by atoms with Crippen molar-refractivity contribution >= 4 is 5.91 Å². The first-order chi connectivity index (χ1) is 8.88. The molecule has 0 aliphatic rings. The van der Waals surface area contributed by atoms with E-state index in [9.17, 15) is 9.90 Å². The Labute approximate surface area is 114 Å². The van der Waals surface area contributed by atoms with Gasteiger partial charge in [-0.25, -0.2) is 4.68 Å². The molecule has 0 fully saturated rings. The van der Waals surface area contributed by atoms with Gasteiger partial charge in [0, 0.05) is 13.1 Å². The zero-order valence-electron chi connectivity index (χ0n) is 12.3. The Morgan fingerprint density at radius 3 is 2.37 bits per heavy atom. The van der Waals surface area contributed by atoms with E-state index in [1.165, 1.54) is 4.68 Å². The Morgan fingerprint density at radius 2 is 1.95 bits per heavy atom. The van der Waals surface area contributed by atoms with Crippen molar-refractivity contribution in [2.45, 2.75) is 52.7 Å². The minimum Gasteiger partial charge on any atom is -0.384 e. The van der Waals surface area contributed by atoms with Crippen molar-refractivity contribution in [2.24, 2.45) is 0 Å². The number of hydrogen-bond acceptors (Lipinski definition) is 4. The van der Waals surface area contributed by atoms with E-state index in [-0.39, 0.29) is 12.5 Å². The molecule has 6 heteroatoms. The Morgan fingerprint density at radius 1 is 1.37 bits per heavy atom. The van der Waals surface area contributed by atoms with Gasteiger partial charge < -0.3 is 10.0 Å². The minimum atomic E-state index is -1.03. The van der Waals surface area contributed by atoms with Gasteiger partial charge in [0.05, 0.1) is 6.20 Å². The van der Waals surface area contributed by atoms with E-state index < -0.39 is 5.60 Å². The first kappa shape index (κ1) is 15.6. The van der Waals surface area contributed by atoms with E-state index in [2.05, 4.69) is 24.2 Å². The maximum Gasteiger partial charge on any atom is 0.244 e. The molecular formula is C13H24N4O2. The van der Waals surface area contributed by atoms with Gasteiger partial charge in [0.2, 0.25) is 5.91 Å². The van der Waals surface area contributed by atoms with E-state index in [0.29, 0.717) is 5.69 Å². The number of aliphatic hydroxyl groups is 1. The second-order valence-electron chi connectivity index (χ2n) is 5.24. The number of amides is 1. The van der Waals surface area contributed by atoms with Gasteiger partial charge >= 0.3 is 0 Å². The second-order valence-corrected chi connectivity index (χ2v) is 5.24. The molecule has 0 aliphatic heterocycles. The first-order valence-corrected chi connectivity index (χ1v) is 6.79. The van der Waals surface area contributed by atoms with Gasteiger partial charge in [-0.05, 0) is 26.7 Å². The Balaban J connectivity index is 2.67. The predicted octanol–water partition coefficient (Wildman–Crippen LogP) is 1.15. The maximum atomic E-state index is 12.1. The topological polar surface area (TPSA) is 71.2 Å². The molecule has 19 heavy (non-hydrogen) atoms. The van der Waals surface area contributed by atoms with Crippen LogP contribution >= 0.6 is 0 Å². The van der Waals surface area contributed by atoms with Crippen LogP contribution in [0.15, 0.2) is 6.20 Å². The number of hydrogen-bond donors (Lipinski definition) is 1. The van der Waals surface area contributed by atoms with E-state index in [1.807, 2.05) is 4.90 Å². The summed E-state index contributed by atoms with van der Waals surface area (Å²) < 4.78 is 1.48. The fourth-order valence-electron chi connectivity index (χ4n) is 1.80. The summed E-state index contributed by atoms with van der Waals surface area (Å²) in [7, 11) is 0. The fourth-order valence-corrected chi connectivity index (χ4v) is 1.80. The summed E-state index contributed by atoms with van der Waals surface area (Å²) in [6.45, 7) is 9.09. The van der Waals surface area contributed by atoms with Crippen molar-refractivity contribution in [1.82, 2.24) is 19.9 Å².